The zero-order chi connectivity index (χ0) is 21.2. The first kappa shape index (κ1) is 19.2. The van der Waals surface area contributed by atoms with Gasteiger partial charge < -0.3 is 14.2 Å². The van der Waals surface area contributed by atoms with Crippen molar-refractivity contribution < 1.29 is 14.1 Å². The SMILES string of the molecule is Cc1nc([C@@H]2CN(C(=O)c3cn(-c4ccccc4)nc3-c3ccccc3)CCO2)no1. The first-order chi connectivity index (χ1) is 15.2. The molecule has 0 spiro atoms. The molecule has 156 valence electrons. The fourth-order valence-electron chi connectivity index (χ4n) is 3.66. The molecule has 0 bridgehead atoms. The second-order valence-electron chi connectivity index (χ2n) is 7.32. The minimum absolute atomic E-state index is 0.102. The van der Waals surface area contributed by atoms with Crippen molar-refractivity contribution in [2.24, 2.45) is 0 Å². The largest absolute Gasteiger partial charge is 0.366 e. The molecule has 1 aliphatic heterocycles. The van der Waals surface area contributed by atoms with Crippen molar-refractivity contribution >= 4 is 5.91 Å². The monoisotopic (exact) mass is 415 g/mol. The van der Waals surface area contributed by atoms with Crippen LogP contribution >= 0.6 is 0 Å². The average molecular weight is 415 g/mol. The quantitative estimate of drug-likeness (QED) is 0.508. The van der Waals surface area contributed by atoms with E-state index in [1.807, 2.05) is 60.7 Å². The molecular formula is C23H21N5O3. The van der Waals surface area contributed by atoms with Crippen molar-refractivity contribution in [3.05, 3.63) is 84.1 Å². The normalized spacial score (nSPS) is 16.4. The number of carbonyl (C=O) groups is 1. The van der Waals surface area contributed by atoms with E-state index in [-0.39, 0.29) is 5.91 Å². The van der Waals surface area contributed by atoms with Crippen LogP contribution in [0.3, 0.4) is 0 Å². The molecule has 0 saturated carbocycles. The fraction of sp³-hybridized carbons (Fsp3) is 0.217. The van der Waals surface area contributed by atoms with Gasteiger partial charge in [0.15, 0.2) is 0 Å². The Morgan fingerprint density at radius 2 is 1.81 bits per heavy atom. The van der Waals surface area contributed by atoms with Gasteiger partial charge in [-0.2, -0.15) is 10.1 Å². The highest BCUT2D eigenvalue weighted by Gasteiger charge is 2.31. The minimum Gasteiger partial charge on any atom is -0.366 e. The molecule has 5 rings (SSSR count). The molecule has 1 saturated heterocycles. The van der Waals surface area contributed by atoms with Gasteiger partial charge in [0.1, 0.15) is 11.8 Å². The van der Waals surface area contributed by atoms with Crippen LogP contribution in [0, 0.1) is 6.92 Å². The summed E-state index contributed by atoms with van der Waals surface area (Å²) in [6.45, 7) is 2.96. The van der Waals surface area contributed by atoms with Crippen molar-refractivity contribution in [1.29, 1.82) is 0 Å². The van der Waals surface area contributed by atoms with Gasteiger partial charge in [0.05, 0.1) is 24.4 Å². The summed E-state index contributed by atoms with van der Waals surface area (Å²) < 4.78 is 12.6. The first-order valence-corrected chi connectivity index (χ1v) is 10.1. The Balaban J connectivity index is 1.49. The van der Waals surface area contributed by atoms with E-state index < -0.39 is 6.10 Å². The van der Waals surface area contributed by atoms with E-state index in [4.69, 9.17) is 14.4 Å². The molecule has 0 N–H and O–H groups in total. The molecule has 1 atom stereocenters. The van der Waals surface area contributed by atoms with Crippen LogP contribution in [0.4, 0.5) is 0 Å². The average Bonchev–Trinajstić information content (AvgIpc) is 3.47. The zero-order valence-corrected chi connectivity index (χ0v) is 17.0. The highest BCUT2D eigenvalue weighted by Crippen LogP contribution is 2.27. The van der Waals surface area contributed by atoms with Gasteiger partial charge in [-0.15, -0.1) is 0 Å². The Kier molecular flexibility index (Phi) is 5.05. The van der Waals surface area contributed by atoms with Gasteiger partial charge in [-0.3, -0.25) is 4.79 Å². The third-order valence-corrected chi connectivity index (χ3v) is 5.20. The molecule has 4 aromatic rings. The maximum Gasteiger partial charge on any atom is 0.257 e. The van der Waals surface area contributed by atoms with E-state index in [0.29, 0.717) is 42.7 Å². The predicted molar refractivity (Wildman–Crippen MR) is 113 cm³/mol. The van der Waals surface area contributed by atoms with Crippen molar-refractivity contribution in [2.75, 3.05) is 19.7 Å². The summed E-state index contributed by atoms with van der Waals surface area (Å²) in [5.41, 5.74) is 2.97. The Labute approximate surface area is 179 Å². The Hall–Kier alpha value is -3.78. The molecule has 3 heterocycles. The Morgan fingerprint density at radius 1 is 1.06 bits per heavy atom. The second kappa shape index (κ2) is 8.16. The number of amides is 1. The molecule has 8 nitrogen and oxygen atoms in total. The smallest absolute Gasteiger partial charge is 0.257 e. The van der Waals surface area contributed by atoms with E-state index in [1.165, 1.54) is 0 Å². The molecule has 1 amide bonds. The molecule has 31 heavy (non-hydrogen) atoms. The van der Waals surface area contributed by atoms with Crippen LogP contribution in [-0.4, -0.2) is 50.4 Å². The third-order valence-electron chi connectivity index (χ3n) is 5.20. The van der Waals surface area contributed by atoms with Crippen LogP contribution in [0.25, 0.3) is 16.9 Å². The van der Waals surface area contributed by atoms with E-state index >= 15 is 0 Å². The van der Waals surface area contributed by atoms with Gasteiger partial charge >= 0.3 is 0 Å². The van der Waals surface area contributed by atoms with Crippen LogP contribution in [0.1, 0.15) is 28.2 Å². The van der Waals surface area contributed by atoms with E-state index in [2.05, 4.69) is 10.1 Å². The maximum atomic E-state index is 13.6. The molecule has 1 aliphatic rings. The lowest BCUT2D eigenvalue weighted by molar-refractivity contribution is -0.0276. The van der Waals surface area contributed by atoms with Crippen LogP contribution in [0.15, 0.2) is 71.4 Å². The topological polar surface area (TPSA) is 86.3 Å². The summed E-state index contributed by atoms with van der Waals surface area (Å²) in [5.74, 6) is 0.824. The van der Waals surface area contributed by atoms with E-state index in [0.717, 1.165) is 11.3 Å². The third kappa shape index (κ3) is 3.85. The highest BCUT2D eigenvalue weighted by molar-refractivity contribution is 6.00. The van der Waals surface area contributed by atoms with Crippen molar-refractivity contribution in [3.63, 3.8) is 0 Å². The van der Waals surface area contributed by atoms with Crippen molar-refractivity contribution in [3.8, 4) is 16.9 Å². The van der Waals surface area contributed by atoms with Crippen LogP contribution < -0.4 is 0 Å². The summed E-state index contributed by atoms with van der Waals surface area (Å²) in [4.78, 5) is 19.6. The summed E-state index contributed by atoms with van der Waals surface area (Å²) >= 11 is 0. The summed E-state index contributed by atoms with van der Waals surface area (Å²) in [7, 11) is 0. The van der Waals surface area contributed by atoms with Crippen molar-refractivity contribution in [1.82, 2.24) is 24.8 Å². The van der Waals surface area contributed by atoms with Crippen LogP contribution in [-0.2, 0) is 4.74 Å². The van der Waals surface area contributed by atoms with Gasteiger partial charge in [-0.1, -0.05) is 53.7 Å². The molecule has 0 unspecified atom stereocenters. The number of morpholine rings is 1. The lowest BCUT2D eigenvalue weighted by Gasteiger charge is -2.31. The molecule has 0 radical (unpaired) electrons. The number of nitrogens with zero attached hydrogens (tertiary/aromatic N) is 5. The lowest BCUT2D eigenvalue weighted by Crippen LogP contribution is -2.42. The zero-order valence-electron chi connectivity index (χ0n) is 17.0. The van der Waals surface area contributed by atoms with E-state index in [1.54, 1.807) is 22.7 Å². The van der Waals surface area contributed by atoms with Gasteiger partial charge in [0.2, 0.25) is 11.7 Å². The maximum absolute atomic E-state index is 13.6. The number of rotatable bonds is 4. The number of hydrogen-bond donors (Lipinski definition) is 0. The van der Waals surface area contributed by atoms with Gasteiger partial charge in [0.25, 0.3) is 5.91 Å². The standard InChI is InChI=1S/C23H21N5O3/c1-16-24-22(26-31-16)20-15-27(12-13-30-20)23(29)19-14-28(18-10-6-3-7-11-18)25-21(19)17-8-4-2-5-9-17/h2-11,14,20H,12-13,15H2,1H3/t20-/m0/s1. The highest BCUT2D eigenvalue weighted by atomic mass is 16.5. The summed E-state index contributed by atoms with van der Waals surface area (Å²) in [6, 6.07) is 19.5. The minimum atomic E-state index is -0.417. The number of benzene rings is 2. The van der Waals surface area contributed by atoms with Crippen LogP contribution in [0.5, 0.6) is 0 Å². The predicted octanol–water partition coefficient (Wildman–Crippen LogP) is 3.44. The Bertz CT molecular complexity index is 1190. The van der Waals surface area contributed by atoms with Crippen LogP contribution in [0.2, 0.25) is 0 Å². The molecule has 8 heteroatoms. The number of para-hydroxylation sites is 1. The summed E-state index contributed by atoms with van der Waals surface area (Å²) in [6.07, 6.45) is 1.38. The number of aryl methyl sites for hydroxylation is 1. The molecule has 0 aliphatic carbocycles. The summed E-state index contributed by atoms with van der Waals surface area (Å²) in [5, 5.41) is 8.69. The molecule has 2 aromatic heterocycles. The number of carbonyl (C=O) groups excluding carboxylic acids is 1. The van der Waals surface area contributed by atoms with Gasteiger partial charge in [-0.25, -0.2) is 4.68 Å². The lowest BCUT2D eigenvalue weighted by atomic mass is 10.1. The molecule has 2 aromatic carbocycles. The fourth-order valence-corrected chi connectivity index (χ4v) is 3.66. The van der Waals surface area contributed by atoms with E-state index in [9.17, 15) is 4.79 Å². The number of hydrogen-bond acceptors (Lipinski definition) is 6. The molecular weight excluding hydrogens is 394 g/mol. The van der Waals surface area contributed by atoms with Crippen molar-refractivity contribution in [2.45, 2.75) is 13.0 Å². The second-order valence-corrected chi connectivity index (χ2v) is 7.32. The van der Waals surface area contributed by atoms with Gasteiger partial charge in [-0.05, 0) is 12.1 Å². The van der Waals surface area contributed by atoms with Gasteiger partial charge in [0, 0.05) is 25.2 Å². The Morgan fingerprint density at radius 3 is 2.52 bits per heavy atom. The number of aromatic nitrogens is 4. The number of ether oxygens (including phenoxy) is 1. The molecule has 1 fully saturated rings. The first-order valence-electron chi connectivity index (χ1n) is 10.1.